The van der Waals surface area contributed by atoms with E-state index in [4.69, 9.17) is 9.47 Å². The van der Waals surface area contributed by atoms with Crippen molar-refractivity contribution in [2.75, 3.05) is 25.6 Å². The van der Waals surface area contributed by atoms with Crippen LogP contribution in [-0.2, 0) is 18.3 Å². The Balaban J connectivity index is 1.64. The highest BCUT2D eigenvalue weighted by Crippen LogP contribution is 2.29. The van der Waals surface area contributed by atoms with E-state index < -0.39 is 10.9 Å². The molecule has 0 unspecified atom stereocenters. The van der Waals surface area contributed by atoms with Crippen LogP contribution in [0.2, 0.25) is 0 Å². The Morgan fingerprint density at radius 1 is 1.30 bits per heavy atom. The van der Waals surface area contributed by atoms with Crippen molar-refractivity contribution in [3.8, 4) is 17.0 Å². The van der Waals surface area contributed by atoms with E-state index in [0.29, 0.717) is 42.4 Å². The fourth-order valence-electron chi connectivity index (χ4n) is 3.87. The van der Waals surface area contributed by atoms with Crippen LogP contribution in [0.25, 0.3) is 11.1 Å². The number of aryl methyl sites for hydroxylation is 2. The van der Waals surface area contributed by atoms with Crippen molar-refractivity contribution in [1.82, 2.24) is 14.3 Å². The van der Waals surface area contributed by atoms with E-state index in [9.17, 15) is 19.7 Å². The Labute approximate surface area is 222 Å². The molecule has 37 heavy (non-hydrogen) atoms. The lowest BCUT2D eigenvalue weighted by Gasteiger charge is -2.15. The number of anilines is 1. The second-order valence-corrected chi connectivity index (χ2v) is 9.52. The number of carbonyl (C=O) groups is 1. The molecule has 2 aromatic heterocycles. The first kappa shape index (κ1) is 27.9. The summed E-state index contributed by atoms with van der Waals surface area (Å²) >= 11 is 3.35. The zero-order valence-electron chi connectivity index (χ0n) is 21.2. The molecule has 0 aliphatic heterocycles. The monoisotopic (exact) mass is 575 g/mol. The molecule has 198 valence electrons. The topological polar surface area (TPSA) is 131 Å². The van der Waals surface area contributed by atoms with Gasteiger partial charge in [-0.1, -0.05) is 22.9 Å². The molecule has 0 radical (unpaired) electrons. The fourth-order valence-corrected chi connectivity index (χ4v) is 4.23. The Hall–Kier alpha value is -3.67. The highest BCUT2D eigenvalue weighted by atomic mass is 79.9. The quantitative estimate of drug-likeness (QED) is 0.143. The predicted octanol–water partition coefficient (Wildman–Crippen LogP) is 4.63. The lowest BCUT2D eigenvalue weighted by Crippen LogP contribution is -2.22. The van der Waals surface area contributed by atoms with Crippen molar-refractivity contribution in [2.45, 2.75) is 33.2 Å². The number of pyridine rings is 1. The average Bonchev–Trinajstić information content (AvgIpc) is 3.24. The number of ether oxygens (including phenoxy) is 2. The number of halogens is 1. The summed E-state index contributed by atoms with van der Waals surface area (Å²) < 4.78 is 14.6. The van der Waals surface area contributed by atoms with Crippen molar-refractivity contribution < 1.29 is 19.2 Å². The maximum absolute atomic E-state index is 13.0. The van der Waals surface area contributed by atoms with E-state index in [1.807, 2.05) is 6.92 Å². The van der Waals surface area contributed by atoms with Crippen LogP contribution in [0.1, 0.15) is 37.0 Å². The zero-order valence-corrected chi connectivity index (χ0v) is 22.8. The van der Waals surface area contributed by atoms with E-state index >= 15 is 0 Å². The number of nitro benzene ring substituents is 1. The molecule has 2 heterocycles. The molecule has 1 aromatic carbocycles. The van der Waals surface area contributed by atoms with Gasteiger partial charge in [0.1, 0.15) is 5.69 Å². The molecule has 0 saturated heterocycles. The van der Waals surface area contributed by atoms with Crippen LogP contribution in [0.15, 0.2) is 45.9 Å². The van der Waals surface area contributed by atoms with Gasteiger partial charge in [0.25, 0.3) is 11.2 Å². The van der Waals surface area contributed by atoms with Crippen molar-refractivity contribution in [3.63, 3.8) is 0 Å². The summed E-state index contributed by atoms with van der Waals surface area (Å²) in [7, 11) is 3.01. The molecule has 0 amide bonds. The third kappa shape index (κ3) is 6.76. The molecule has 0 spiro atoms. The van der Waals surface area contributed by atoms with E-state index in [1.165, 1.54) is 30.0 Å². The number of carbonyl (C=O) groups excluding carboxylic acids is 1. The minimum atomic E-state index is -0.536. The standard InChI is InChI=1S/C25H30BrN5O6/c1-5-30-15-17(25(33)36-4)11-19(23(30)32)20-14-28-29(3)24(20)37-10-6-7-16(2)13-27-21-12-18(26)8-9-22(21)31(34)35/h8-9,11-12,14-16,27H,5-7,10,13H2,1-4H3/t16-/m1/s1. The van der Waals surface area contributed by atoms with Crippen LogP contribution in [-0.4, -0.2) is 45.5 Å². The molecule has 1 N–H and O–H groups in total. The van der Waals surface area contributed by atoms with Crippen LogP contribution in [0.5, 0.6) is 5.88 Å². The number of hydrogen-bond donors (Lipinski definition) is 1. The van der Waals surface area contributed by atoms with Gasteiger partial charge in [-0.3, -0.25) is 14.9 Å². The van der Waals surface area contributed by atoms with E-state index in [-0.39, 0.29) is 22.7 Å². The molecule has 0 aliphatic rings. The summed E-state index contributed by atoms with van der Waals surface area (Å²) in [5.41, 5.74) is 1.31. The molecule has 0 saturated carbocycles. The number of rotatable bonds is 12. The van der Waals surface area contributed by atoms with Crippen LogP contribution in [0.4, 0.5) is 11.4 Å². The summed E-state index contributed by atoms with van der Waals surface area (Å²) in [6.45, 7) is 5.20. The minimum Gasteiger partial charge on any atom is -0.477 e. The number of hydrogen-bond acceptors (Lipinski definition) is 8. The van der Waals surface area contributed by atoms with Gasteiger partial charge in [-0.25, -0.2) is 9.48 Å². The molecule has 0 fully saturated rings. The predicted molar refractivity (Wildman–Crippen MR) is 143 cm³/mol. The van der Waals surface area contributed by atoms with Gasteiger partial charge in [0, 0.05) is 36.9 Å². The molecule has 11 nitrogen and oxygen atoms in total. The highest BCUT2D eigenvalue weighted by Gasteiger charge is 2.20. The van der Waals surface area contributed by atoms with E-state index in [1.54, 1.807) is 30.1 Å². The first-order chi connectivity index (χ1) is 17.7. The Morgan fingerprint density at radius 3 is 2.73 bits per heavy atom. The van der Waals surface area contributed by atoms with Gasteiger partial charge in [0.05, 0.1) is 41.5 Å². The number of nitro groups is 1. The van der Waals surface area contributed by atoms with E-state index in [0.717, 1.165) is 17.3 Å². The molecule has 0 bridgehead atoms. The summed E-state index contributed by atoms with van der Waals surface area (Å²) in [4.78, 5) is 36.0. The fraction of sp³-hybridized carbons (Fsp3) is 0.400. The van der Waals surface area contributed by atoms with Gasteiger partial charge in [-0.2, -0.15) is 5.10 Å². The lowest BCUT2D eigenvalue weighted by atomic mass is 10.1. The summed E-state index contributed by atoms with van der Waals surface area (Å²) in [6, 6.07) is 6.30. The number of nitrogens with one attached hydrogen (secondary N) is 1. The van der Waals surface area contributed by atoms with E-state index in [2.05, 4.69) is 33.3 Å². The zero-order chi connectivity index (χ0) is 27.1. The number of methoxy groups -OCH3 is 1. The smallest absolute Gasteiger partial charge is 0.339 e. The molecule has 3 rings (SSSR count). The maximum Gasteiger partial charge on any atom is 0.339 e. The molecular weight excluding hydrogens is 546 g/mol. The molecule has 12 heteroatoms. The summed E-state index contributed by atoms with van der Waals surface area (Å²) in [6.07, 6.45) is 4.55. The first-order valence-corrected chi connectivity index (χ1v) is 12.6. The van der Waals surface area contributed by atoms with Crippen molar-refractivity contribution in [1.29, 1.82) is 0 Å². The first-order valence-electron chi connectivity index (χ1n) is 11.8. The molecular formula is C25H30BrN5O6. The number of benzene rings is 1. The maximum atomic E-state index is 13.0. The average molecular weight is 576 g/mol. The van der Waals surface area contributed by atoms with Gasteiger partial charge >= 0.3 is 5.97 Å². The number of aromatic nitrogens is 3. The largest absolute Gasteiger partial charge is 0.477 e. The Bertz CT molecular complexity index is 1340. The van der Waals surface area contributed by atoms with Gasteiger partial charge in [-0.05, 0) is 43.9 Å². The lowest BCUT2D eigenvalue weighted by molar-refractivity contribution is -0.384. The second-order valence-electron chi connectivity index (χ2n) is 8.61. The molecule has 0 aliphatic carbocycles. The second kappa shape index (κ2) is 12.5. The Morgan fingerprint density at radius 2 is 2.05 bits per heavy atom. The van der Waals surface area contributed by atoms with Gasteiger partial charge in [-0.15, -0.1) is 0 Å². The molecule has 3 aromatic rings. The normalized spacial score (nSPS) is 11.7. The number of nitrogens with zero attached hydrogens (tertiary/aromatic N) is 4. The van der Waals surface area contributed by atoms with Gasteiger partial charge in [0.2, 0.25) is 5.88 Å². The summed E-state index contributed by atoms with van der Waals surface area (Å²) in [5.74, 6) is 0.115. The third-order valence-corrected chi connectivity index (χ3v) is 6.39. The third-order valence-electron chi connectivity index (χ3n) is 5.90. The highest BCUT2D eigenvalue weighted by molar-refractivity contribution is 9.10. The van der Waals surface area contributed by atoms with Crippen LogP contribution in [0, 0.1) is 16.0 Å². The van der Waals surface area contributed by atoms with Crippen LogP contribution in [0.3, 0.4) is 0 Å². The summed E-state index contributed by atoms with van der Waals surface area (Å²) in [5, 5.41) is 18.7. The molecule has 1 atom stereocenters. The van der Waals surface area contributed by atoms with Crippen LogP contribution < -0.4 is 15.6 Å². The Kier molecular flexibility index (Phi) is 9.45. The number of esters is 1. The van der Waals surface area contributed by atoms with Gasteiger partial charge in [0.15, 0.2) is 0 Å². The van der Waals surface area contributed by atoms with Gasteiger partial charge < -0.3 is 19.4 Å². The van der Waals surface area contributed by atoms with Crippen LogP contribution >= 0.6 is 15.9 Å². The van der Waals surface area contributed by atoms with Crippen molar-refractivity contribution in [3.05, 3.63) is 67.2 Å². The van der Waals surface area contributed by atoms with Crippen molar-refractivity contribution >= 4 is 33.3 Å². The SMILES string of the molecule is CCn1cc(C(=O)OC)cc(-c2cnn(C)c2OCCC[C@@H](C)CNc2cc(Br)ccc2[N+](=O)[O-])c1=O. The van der Waals surface area contributed by atoms with Crippen molar-refractivity contribution in [2.24, 2.45) is 13.0 Å². The minimum absolute atomic E-state index is 0.0286.